The van der Waals surface area contributed by atoms with E-state index in [1.165, 1.54) is 22.9 Å². The molecule has 0 amide bonds. The number of aryl methyl sites for hydroxylation is 1. The Balaban J connectivity index is 1.39. The minimum Gasteiger partial charge on any atom is -0.497 e. The maximum absolute atomic E-state index is 15.0. The first-order valence-electron chi connectivity index (χ1n) is 11.5. The number of benzene rings is 3. The second-order valence-electron chi connectivity index (χ2n) is 8.41. The number of ketones is 1. The lowest BCUT2D eigenvalue weighted by Crippen LogP contribution is -2.28. The number of pyridine rings is 1. The molecule has 184 valence electrons. The third-order valence-corrected chi connectivity index (χ3v) is 5.83. The Hall–Kier alpha value is -4.85. The molecule has 0 atom stereocenters. The lowest BCUT2D eigenvalue weighted by Gasteiger charge is -2.11. The van der Waals surface area contributed by atoms with Crippen molar-refractivity contribution in [2.45, 2.75) is 13.3 Å². The third-order valence-electron chi connectivity index (χ3n) is 5.83. The molecular weight excluding hydrogens is 473 g/mol. The molecule has 2 heterocycles. The minimum absolute atomic E-state index is 0.00392. The van der Waals surface area contributed by atoms with Crippen molar-refractivity contribution in [2.75, 3.05) is 7.11 Å². The maximum atomic E-state index is 15.0. The van der Waals surface area contributed by atoms with Gasteiger partial charge in [0.15, 0.2) is 17.3 Å². The minimum atomic E-state index is -0.628. The number of carbonyl (C=O) groups is 1. The Morgan fingerprint density at radius 1 is 0.973 bits per heavy atom. The Bertz CT molecular complexity index is 1680. The van der Waals surface area contributed by atoms with Gasteiger partial charge in [0.1, 0.15) is 11.5 Å². The summed E-state index contributed by atoms with van der Waals surface area (Å²) in [5.41, 5.74) is 1.61. The fraction of sp³-hybridized carbons (Fsp3) is 0.103. The molecule has 0 bridgehead atoms. The highest BCUT2D eigenvalue weighted by Crippen LogP contribution is 2.32. The SMILES string of the molecule is COc1ccc2c(Oc3ccc(CC(=O)c4cc(C)nn(-c5ccccc5)c4=O)cc3F)ccnc2c1. The molecule has 5 aromatic rings. The van der Waals surface area contributed by atoms with Crippen LogP contribution in [0, 0.1) is 12.7 Å². The van der Waals surface area contributed by atoms with E-state index in [0.29, 0.717) is 39.3 Å². The molecule has 0 N–H and O–H groups in total. The van der Waals surface area contributed by atoms with E-state index in [0.717, 1.165) is 0 Å². The van der Waals surface area contributed by atoms with Crippen LogP contribution >= 0.6 is 0 Å². The fourth-order valence-corrected chi connectivity index (χ4v) is 4.01. The number of methoxy groups -OCH3 is 1. The van der Waals surface area contributed by atoms with Gasteiger partial charge >= 0.3 is 0 Å². The van der Waals surface area contributed by atoms with E-state index in [-0.39, 0.29) is 17.7 Å². The van der Waals surface area contributed by atoms with Crippen LogP contribution in [0.25, 0.3) is 16.6 Å². The van der Waals surface area contributed by atoms with Crippen LogP contribution in [-0.4, -0.2) is 27.7 Å². The van der Waals surface area contributed by atoms with Gasteiger partial charge in [-0.25, -0.2) is 4.39 Å². The average molecular weight is 496 g/mol. The molecule has 2 aromatic heterocycles. The average Bonchev–Trinajstić information content (AvgIpc) is 2.91. The Morgan fingerprint density at radius 3 is 2.54 bits per heavy atom. The van der Waals surface area contributed by atoms with Gasteiger partial charge < -0.3 is 9.47 Å². The molecule has 7 nitrogen and oxygen atoms in total. The molecule has 0 spiro atoms. The van der Waals surface area contributed by atoms with Gasteiger partial charge in [0.2, 0.25) is 0 Å². The highest BCUT2D eigenvalue weighted by Gasteiger charge is 2.17. The van der Waals surface area contributed by atoms with Gasteiger partial charge in [0, 0.05) is 24.1 Å². The number of ether oxygens (including phenoxy) is 2. The fourth-order valence-electron chi connectivity index (χ4n) is 4.01. The molecule has 0 fully saturated rings. The van der Waals surface area contributed by atoms with E-state index in [1.54, 1.807) is 74.8 Å². The molecule has 8 heteroatoms. The van der Waals surface area contributed by atoms with E-state index in [4.69, 9.17) is 9.47 Å². The number of Topliss-reactive ketones (excluding diaryl/α,β-unsaturated/α-hetero) is 1. The number of halogens is 1. The Kier molecular flexibility index (Phi) is 6.47. The molecular formula is C29H22FN3O4. The van der Waals surface area contributed by atoms with Crippen molar-refractivity contribution in [1.29, 1.82) is 0 Å². The molecule has 0 aliphatic carbocycles. The Labute approximate surface area is 211 Å². The number of fused-ring (bicyclic) bond motifs is 1. The standard InChI is InChI=1S/C29H22FN3O4/c1-18-14-23(29(35)33(32-18)20-6-4-3-5-7-20)26(34)16-19-8-11-28(24(30)15-19)37-27-12-13-31-25-17-21(36-2)9-10-22(25)27/h3-15,17H,16H2,1-2H3. The number of para-hydroxylation sites is 1. The van der Waals surface area contributed by atoms with Crippen molar-refractivity contribution in [1.82, 2.24) is 14.8 Å². The summed E-state index contributed by atoms with van der Waals surface area (Å²) >= 11 is 0. The lowest BCUT2D eigenvalue weighted by molar-refractivity contribution is 0.0990. The van der Waals surface area contributed by atoms with Crippen molar-refractivity contribution in [3.8, 4) is 22.9 Å². The molecule has 0 aliphatic heterocycles. The zero-order valence-electron chi connectivity index (χ0n) is 20.1. The summed E-state index contributed by atoms with van der Waals surface area (Å²) in [6, 6.07) is 21.6. The summed E-state index contributed by atoms with van der Waals surface area (Å²) in [5.74, 6) is 0.0331. The highest BCUT2D eigenvalue weighted by molar-refractivity contribution is 5.97. The molecule has 0 unspecified atom stereocenters. The molecule has 0 aliphatic rings. The number of hydrogen-bond acceptors (Lipinski definition) is 6. The van der Waals surface area contributed by atoms with Crippen LogP contribution in [0.2, 0.25) is 0 Å². The number of carbonyl (C=O) groups excluding carboxylic acids is 1. The molecule has 0 saturated carbocycles. The topological polar surface area (TPSA) is 83.3 Å². The zero-order chi connectivity index (χ0) is 25.9. The summed E-state index contributed by atoms with van der Waals surface area (Å²) in [6.45, 7) is 1.71. The third kappa shape index (κ3) is 4.95. The largest absolute Gasteiger partial charge is 0.497 e. The summed E-state index contributed by atoms with van der Waals surface area (Å²) in [7, 11) is 1.57. The van der Waals surface area contributed by atoms with Crippen LogP contribution in [0.4, 0.5) is 4.39 Å². The van der Waals surface area contributed by atoms with E-state index < -0.39 is 17.2 Å². The van der Waals surface area contributed by atoms with Crippen LogP contribution < -0.4 is 15.0 Å². The molecule has 0 saturated heterocycles. The molecule has 3 aromatic carbocycles. The van der Waals surface area contributed by atoms with E-state index in [1.807, 2.05) is 6.07 Å². The van der Waals surface area contributed by atoms with Crippen LogP contribution in [0.15, 0.2) is 89.9 Å². The smallest absolute Gasteiger partial charge is 0.282 e. The predicted octanol–water partition coefficient (Wildman–Crippen LogP) is 5.45. The number of hydrogen-bond donors (Lipinski definition) is 0. The Morgan fingerprint density at radius 2 is 1.78 bits per heavy atom. The van der Waals surface area contributed by atoms with Crippen molar-refractivity contribution >= 4 is 16.7 Å². The summed E-state index contributed by atoms with van der Waals surface area (Å²) in [6.07, 6.45) is 1.42. The first-order chi connectivity index (χ1) is 17.9. The summed E-state index contributed by atoms with van der Waals surface area (Å²) < 4.78 is 27.3. The van der Waals surface area contributed by atoms with Gasteiger partial charge in [-0.3, -0.25) is 14.6 Å². The number of rotatable bonds is 7. The van der Waals surface area contributed by atoms with E-state index in [2.05, 4.69) is 10.1 Å². The van der Waals surface area contributed by atoms with Crippen molar-refractivity contribution in [3.05, 3.63) is 118 Å². The van der Waals surface area contributed by atoms with Crippen molar-refractivity contribution in [3.63, 3.8) is 0 Å². The molecule has 37 heavy (non-hydrogen) atoms. The molecule has 0 radical (unpaired) electrons. The van der Waals surface area contributed by atoms with Crippen LogP contribution in [0.5, 0.6) is 17.2 Å². The van der Waals surface area contributed by atoms with Gasteiger partial charge in [-0.15, -0.1) is 0 Å². The number of nitrogens with zero attached hydrogens (tertiary/aromatic N) is 3. The van der Waals surface area contributed by atoms with Gasteiger partial charge in [-0.1, -0.05) is 24.3 Å². The maximum Gasteiger partial charge on any atom is 0.282 e. The van der Waals surface area contributed by atoms with Crippen LogP contribution in [-0.2, 0) is 6.42 Å². The zero-order valence-corrected chi connectivity index (χ0v) is 20.1. The second kappa shape index (κ2) is 10.0. The van der Waals surface area contributed by atoms with E-state index >= 15 is 0 Å². The van der Waals surface area contributed by atoms with Gasteiger partial charge in [-0.05, 0) is 61.0 Å². The monoisotopic (exact) mass is 495 g/mol. The van der Waals surface area contributed by atoms with Gasteiger partial charge in [0.25, 0.3) is 5.56 Å². The lowest BCUT2D eigenvalue weighted by atomic mass is 10.0. The first-order valence-corrected chi connectivity index (χ1v) is 11.5. The summed E-state index contributed by atoms with van der Waals surface area (Å²) in [5, 5.41) is 4.95. The van der Waals surface area contributed by atoms with Crippen molar-refractivity contribution < 1.29 is 18.7 Å². The predicted molar refractivity (Wildman–Crippen MR) is 137 cm³/mol. The summed E-state index contributed by atoms with van der Waals surface area (Å²) in [4.78, 5) is 30.3. The van der Waals surface area contributed by atoms with Gasteiger partial charge in [0.05, 0.1) is 29.6 Å². The quantitative estimate of drug-likeness (QED) is 0.279. The van der Waals surface area contributed by atoms with E-state index in [9.17, 15) is 14.0 Å². The van der Waals surface area contributed by atoms with Crippen LogP contribution in [0.1, 0.15) is 21.6 Å². The highest BCUT2D eigenvalue weighted by atomic mass is 19.1. The second-order valence-corrected chi connectivity index (χ2v) is 8.41. The van der Waals surface area contributed by atoms with Crippen LogP contribution in [0.3, 0.4) is 0 Å². The molecule has 5 rings (SSSR count). The normalized spacial score (nSPS) is 10.9. The first kappa shape index (κ1) is 23.9. The number of aromatic nitrogens is 3. The van der Waals surface area contributed by atoms with Crippen molar-refractivity contribution in [2.24, 2.45) is 0 Å². The van der Waals surface area contributed by atoms with Gasteiger partial charge in [-0.2, -0.15) is 9.78 Å².